The molecule has 0 aliphatic heterocycles. The minimum absolute atomic E-state index is 0.179. The first-order valence-corrected chi connectivity index (χ1v) is 6.32. The van der Waals surface area contributed by atoms with Gasteiger partial charge in [-0.1, -0.05) is 13.8 Å². The van der Waals surface area contributed by atoms with Gasteiger partial charge in [-0.3, -0.25) is 0 Å². The summed E-state index contributed by atoms with van der Waals surface area (Å²) in [6, 6.07) is 0. The predicted octanol–water partition coefficient (Wildman–Crippen LogP) is 2.33. The second kappa shape index (κ2) is 4.06. The smallest absolute Gasteiger partial charge is 0.0544 e. The van der Waals surface area contributed by atoms with E-state index in [4.69, 9.17) is 0 Å². The summed E-state index contributed by atoms with van der Waals surface area (Å²) >= 11 is 0. The van der Waals surface area contributed by atoms with Gasteiger partial charge in [-0.2, -0.15) is 0 Å². The maximum Gasteiger partial charge on any atom is 0.0544 e. The van der Waals surface area contributed by atoms with Crippen molar-refractivity contribution in [2.24, 2.45) is 17.3 Å². The summed E-state index contributed by atoms with van der Waals surface area (Å²) in [6.45, 7) is 4.63. The fourth-order valence-corrected chi connectivity index (χ4v) is 3.71. The number of aliphatic hydroxyl groups is 2. The predicted molar refractivity (Wildman–Crippen MR) is 60.5 cm³/mol. The van der Waals surface area contributed by atoms with Crippen molar-refractivity contribution in [2.45, 2.75) is 64.6 Å². The van der Waals surface area contributed by atoms with Crippen molar-refractivity contribution >= 4 is 0 Å². The van der Waals surface area contributed by atoms with Crippen LogP contribution in [0.2, 0.25) is 0 Å². The molecule has 2 rings (SSSR count). The summed E-state index contributed by atoms with van der Waals surface area (Å²) in [7, 11) is 0. The van der Waals surface area contributed by atoms with Crippen molar-refractivity contribution in [3.63, 3.8) is 0 Å². The largest absolute Gasteiger partial charge is 0.393 e. The van der Waals surface area contributed by atoms with E-state index >= 15 is 0 Å². The van der Waals surface area contributed by atoms with Crippen LogP contribution in [-0.4, -0.2) is 22.4 Å². The monoisotopic (exact) mass is 212 g/mol. The van der Waals surface area contributed by atoms with Gasteiger partial charge in [-0.15, -0.1) is 0 Å². The van der Waals surface area contributed by atoms with Crippen LogP contribution in [0.4, 0.5) is 0 Å². The number of fused-ring (bicyclic) bond motifs is 1. The van der Waals surface area contributed by atoms with Gasteiger partial charge in [0.25, 0.3) is 0 Å². The summed E-state index contributed by atoms with van der Waals surface area (Å²) in [4.78, 5) is 0. The zero-order chi connectivity index (χ0) is 11.1. The van der Waals surface area contributed by atoms with Gasteiger partial charge in [-0.25, -0.2) is 0 Å². The van der Waals surface area contributed by atoms with Gasteiger partial charge in [-0.05, 0) is 55.8 Å². The van der Waals surface area contributed by atoms with Gasteiger partial charge in [0.1, 0.15) is 0 Å². The maximum atomic E-state index is 9.84. The fraction of sp³-hybridized carbons (Fsp3) is 1.00. The average molecular weight is 212 g/mol. The lowest BCUT2D eigenvalue weighted by Gasteiger charge is -2.28. The Morgan fingerprint density at radius 3 is 1.67 bits per heavy atom. The van der Waals surface area contributed by atoms with E-state index in [2.05, 4.69) is 13.8 Å². The summed E-state index contributed by atoms with van der Waals surface area (Å²) < 4.78 is 0. The molecule has 2 N–H and O–H groups in total. The van der Waals surface area contributed by atoms with Crippen LogP contribution in [0.5, 0.6) is 0 Å². The van der Waals surface area contributed by atoms with Gasteiger partial charge in [0.2, 0.25) is 0 Å². The Kier molecular flexibility index (Phi) is 3.09. The summed E-state index contributed by atoms with van der Waals surface area (Å²) in [5.41, 5.74) is 0.416. The molecule has 0 heterocycles. The van der Waals surface area contributed by atoms with Crippen molar-refractivity contribution < 1.29 is 10.2 Å². The Hall–Kier alpha value is -0.0800. The Bertz CT molecular complexity index is 203. The van der Waals surface area contributed by atoms with Gasteiger partial charge in [0.15, 0.2) is 0 Å². The Labute approximate surface area is 92.7 Å². The van der Waals surface area contributed by atoms with Crippen LogP contribution in [0.1, 0.15) is 52.4 Å². The first kappa shape index (κ1) is 11.4. The van der Waals surface area contributed by atoms with Crippen LogP contribution in [0.25, 0.3) is 0 Å². The third-order valence-electron chi connectivity index (χ3n) is 4.28. The van der Waals surface area contributed by atoms with Gasteiger partial charge < -0.3 is 10.2 Å². The topological polar surface area (TPSA) is 40.5 Å². The number of hydrogen-bond donors (Lipinski definition) is 2. The van der Waals surface area contributed by atoms with Gasteiger partial charge in [0.05, 0.1) is 12.2 Å². The first-order valence-electron chi connectivity index (χ1n) is 6.32. The van der Waals surface area contributed by atoms with Crippen LogP contribution < -0.4 is 0 Å². The van der Waals surface area contributed by atoms with Crippen molar-refractivity contribution in [1.82, 2.24) is 0 Å². The molecule has 2 heteroatoms. The molecule has 0 radical (unpaired) electrons. The highest BCUT2D eigenvalue weighted by Crippen LogP contribution is 2.49. The van der Waals surface area contributed by atoms with Crippen molar-refractivity contribution in [1.29, 1.82) is 0 Å². The maximum absolute atomic E-state index is 9.84. The third kappa shape index (κ3) is 2.73. The van der Waals surface area contributed by atoms with Crippen LogP contribution >= 0.6 is 0 Å². The molecule has 88 valence electrons. The van der Waals surface area contributed by atoms with Crippen LogP contribution in [0.15, 0.2) is 0 Å². The molecule has 2 saturated carbocycles. The Balaban J connectivity index is 2.06. The lowest BCUT2D eigenvalue weighted by molar-refractivity contribution is 0.0508. The first-order chi connectivity index (χ1) is 6.96. The molecule has 0 unspecified atom stereocenters. The van der Waals surface area contributed by atoms with E-state index in [9.17, 15) is 10.2 Å². The second-order valence-corrected chi connectivity index (χ2v) is 6.45. The van der Waals surface area contributed by atoms with Gasteiger partial charge in [0, 0.05) is 0 Å². The highest BCUT2D eigenvalue weighted by Gasteiger charge is 2.41. The molecule has 15 heavy (non-hydrogen) atoms. The summed E-state index contributed by atoms with van der Waals surface area (Å²) in [5.74, 6) is 1.29. The van der Waals surface area contributed by atoms with E-state index < -0.39 is 0 Å². The molecule has 0 saturated heterocycles. The molecule has 2 nitrogen and oxygen atoms in total. The van der Waals surface area contributed by atoms with Crippen molar-refractivity contribution in [3.8, 4) is 0 Å². The number of aliphatic hydroxyl groups excluding tert-OH is 2. The Morgan fingerprint density at radius 1 is 0.867 bits per heavy atom. The van der Waals surface area contributed by atoms with Crippen LogP contribution in [-0.2, 0) is 0 Å². The number of rotatable bonds is 0. The molecular weight excluding hydrogens is 188 g/mol. The third-order valence-corrected chi connectivity index (χ3v) is 4.28. The van der Waals surface area contributed by atoms with Crippen LogP contribution in [0.3, 0.4) is 0 Å². The van der Waals surface area contributed by atoms with E-state index in [0.29, 0.717) is 17.3 Å². The van der Waals surface area contributed by atoms with Gasteiger partial charge >= 0.3 is 0 Å². The highest BCUT2D eigenvalue weighted by atomic mass is 16.3. The van der Waals surface area contributed by atoms with Crippen molar-refractivity contribution in [3.05, 3.63) is 0 Å². The standard InChI is InChI=1S/C13H24O2/c1-13(2)7-9-5-11(14)3-4-12(15)6-10(9)8-13/h9-12,14-15H,3-8H2,1-2H3/t9-,10+,11-,12+. The molecule has 4 atom stereocenters. The molecule has 2 fully saturated rings. The summed E-state index contributed by atoms with van der Waals surface area (Å²) in [6.07, 6.45) is 5.57. The van der Waals surface area contributed by atoms with E-state index in [1.807, 2.05) is 0 Å². The fourth-order valence-electron chi connectivity index (χ4n) is 3.71. The van der Waals surface area contributed by atoms with E-state index in [-0.39, 0.29) is 12.2 Å². The zero-order valence-corrected chi connectivity index (χ0v) is 9.95. The van der Waals surface area contributed by atoms with E-state index in [0.717, 1.165) is 25.7 Å². The molecule has 0 amide bonds. The molecule has 0 aromatic heterocycles. The molecule has 0 bridgehead atoms. The van der Waals surface area contributed by atoms with Crippen molar-refractivity contribution in [2.75, 3.05) is 0 Å². The average Bonchev–Trinajstić information content (AvgIpc) is 2.35. The number of hydrogen-bond acceptors (Lipinski definition) is 2. The summed E-state index contributed by atoms with van der Waals surface area (Å²) in [5, 5.41) is 19.7. The minimum Gasteiger partial charge on any atom is -0.393 e. The Morgan fingerprint density at radius 2 is 1.27 bits per heavy atom. The van der Waals surface area contributed by atoms with Crippen LogP contribution in [0, 0.1) is 17.3 Å². The highest BCUT2D eigenvalue weighted by molar-refractivity contribution is 4.92. The lowest BCUT2D eigenvalue weighted by atomic mass is 9.82. The van der Waals surface area contributed by atoms with E-state index in [1.54, 1.807) is 0 Å². The second-order valence-electron chi connectivity index (χ2n) is 6.45. The molecule has 0 spiro atoms. The lowest BCUT2D eigenvalue weighted by Crippen LogP contribution is -2.25. The molecule has 2 aliphatic carbocycles. The van der Waals surface area contributed by atoms with E-state index in [1.165, 1.54) is 12.8 Å². The molecule has 0 aromatic rings. The molecular formula is C13H24O2. The zero-order valence-electron chi connectivity index (χ0n) is 9.95. The molecule has 0 aromatic carbocycles. The minimum atomic E-state index is -0.179. The SMILES string of the molecule is CC1(C)C[C@H]2C[C@H](O)CC[C@H](O)C[C@H]2C1. The normalized spacial score (nSPS) is 45.6. The quantitative estimate of drug-likeness (QED) is 0.647. The molecule has 2 aliphatic rings.